The van der Waals surface area contributed by atoms with E-state index in [-0.39, 0.29) is 11.7 Å². The topological polar surface area (TPSA) is 87.7 Å². The Bertz CT molecular complexity index is 290. The molecule has 0 aliphatic heterocycles. The largest absolute Gasteiger partial charge is 0.409 e. The van der Waals surface area contributed by atoms with Crippen molar-refractivity contribution in [3.05, 3.63) is 0 Å². The second kappa shape index (κ2) is 7.95. The zero-order valence-corrected chi connectivity index (χ0v) is 12.0. The van der Waals surface area contributed by atoms with Gasteiger partial charge in [-0.3, -0.25) is 4.79 Å². The van der Waals surface area contributed by atoms with Crippen LogP contribution in [0.25, 0.3) is 0 Å². The molecule has 0 bridgehead atoms. The zero-order chi connectivity index (χ0) is 14.2. The molecule has 0 heterocycles. The first-order valence-corrected chi connectivity index (χ1v) is 6.64. The molecular formula is C13H27N3O2. The van der Waals surface area contributed by atoms with E-state index in [9.17, 15) is 4.79 Å². The van der Waals surface area contributed by atoms with Crippen molar-refractivity contribution in [2.45, 2.75) is 53.4 Å². The van der Waals surface area contributed by atoms with Gasteiger partial charge in [0.15, 0.2) is 5.84 Å². The number of amides is 1. The predicted molar refractivity (Wildman–Crippen MR) is 73.5 cm³/mol. The first-order valence-electron chi connectivity index (χ1n) is 6.64. The summed E-state index contributed by atoms with van der Waals surface area (Å²) in [5.74, 6) is 0.480. The van der Waals surface area contributed by atoms with Crippen LogP contribution in [0.15, 0.2) is 5.16 Å². The van der Waals surface area contributed by atoms with Crippen LogP contribution in [0.4, 0.5) is 0 Å². The highest BCUT2D eigenvalue weighted by molar-refractivity contribution is 6.06. The minimum absolute atomic E-state index is 0.0373. The highest BCUT2D eigenvalue weighted by atomic mass is 16.4. The molecule has 0 aliphatic rings. The fourth-order valence-electron chi connectivity index (χ4n) is 1.64. The SMILES string of the molecule is CCC(C)(C(=O)NCCCCC(C)C)C(N)=NO. The molecule has 5 heteroatoms. The fraction of sp³-hybridized carbons (Fsp3) is 0.846. The van der Waals surface area contributed by atoms with Crippen LogP contribution >= 0.6 is 0 Å². The minimum atomic E-state index is -0.924. The molecular weight excluding hydrogens is 230 g/mol. The third kappa shape index (κ3) is 4.94. The molecule has 4 N–H and O–H groups in total. The van der Waals surface area contributed by atoms with Crippen LogP contribution in [0, 0.1) is 11.3 Å². The Hall–Kier alpha value is -1.26. The Labute approximate surface area is 110 Å². The highest BCUT2D eigenvalue weighted by Crippen LogP contribution is 2.21. The van der Waals surface area contributed by atoms with Crippen LogP contribution in [0.2, 0.25) is 0 Å². The summed E-state index contributed by atoms with van der Waals surface area (Å²) >= 11 is 0. The quantitative estimate of drug-likeness (QED) is 0.204. The number of nitrogens with zero attached hydrogens (tertiary/aromatic N) is 1. The molecule has 0 radical (unpaired) electrons. The average molecular weight is 257 g/mol. The highest BCUT2D eigenvalue weighted by Gasteiger charge is 2.35. The molecule has 0 fully saturated rings. The Morgan fingerprint density at radius 3 is 2.50 bits per heavy atom. The van der Waals surface area contributed by atoms with E-state index in [2.05, 4.69) is 24.3 Å². The Morgan fingerprint density at radius 1 is 1.44 bits per heavy atom. The number of rotatable bonds is 8. The molecule has 1 amide bonds. The Balaban J connectivity index is 4.15. The fourth-order valence-corrected chi connectivity index (χ4v) is 1.64. The molecule has 1 atom stereocenters. The van der Waals surface area contributed by atoms with Gasteiger partial charge in [0, 0.05) is 6.54 Å². The zero-order valence-electron chi connectivity index (χ0n) is 12.0. The molecule has 0 spiro atoms. The summed E-state index contributed by atoms with van der Waals surface area (Å²) in [6.07, 6.45) is 3.73. The number of amidine groups is 1. The summed E-state index contributed by atoms with van der Waals surface area (Å²) in [7, 11) is 0. The maximum absolute atomic E-state index is 12.0. The second-order valence-electron chi connectivity index (χ2n) is 5.32. The van der Waals surface area contributed by atoms with Crippen LogP contribution in [0.1, 0.15) is 53.4 Å². The number of hydrogen-bond acceptors (Lipinski definition) is 3. The maximum atomic E-state index is 12.0. The van der Waals surface area contributed by atoms with Gasteiger partial charge in [0.25, 0.3) is 0 Å². The third-order valence-electron chi connectivity index (χ3n) is 3.38. The summed E-state index contributed by atoms with van der Waals surface area (Å²) in [6.45, 7) is 8.54. The number of oxime groups is 1. The summed E-state index contributed by atoms with van der Waals surface area (Å²) < 4.78 is 0. The monoisotopic (exact) mass is 257 g/mol. The number of hydrogen-bond donors (Lipinski definition) is 3. The van der Waals surface area contributed by atoms with E-state index in [4.69, 9.17) is 10.9 Å². The number of carbonyl (C=O) groups excluding carboxylic acids is 1. The lowest BCUT2D eigenvalue weighted by atomic mass is 9.85. The van der Waals surface area contributed by atoms with Gasteiger partial charge in [-0.15, -0.1) is 0 Å². The van der Waals surface area contributed by atoms with Crippen molar-refractivity contribution in [2.75, 3.05) is 6.54 Å². The first-order chi connectivity index (χ1) is 8.38. The molecule has 0 saturated heterocycles. The predicted octanol–water partition coefficient (Wildman–Crippen LogP) is 2.09. The molecule has 18 heavy (non-hydrogen) atoms. The molecule has 0 saturated carbocycles. The lowest BCUT2D eigenvalue weighted by Crippen LogP contribution is -2.47. The van der Waals surface area contributed by atoms with Crippen LogP contribution in [-0.4, -0.2) is 23.5 Å². The van der Waals surface area contributed by atoms with Gasteiger partial charge in [-0.05, 0) is 25.7 Å². The van der Waals surface area contributed by atoms with Gasteiger partial charge in [0.05, 0.1) is 0 Å². The third-order valence-corrected chi connectivity index (χ3v) is 3.38. The van der Waals surface area contributed by atoms with Gasteiger partial charge in [-0.1, -0.05) is 38.8 Å². The molecule has 1 unspecified atom stereocenters. The molecule has 0 rings (SSSR count). The first kappa shape index (κ1) is 16.7. The molecule has 0 aliphatic carbocycles. The normalized spacial score (nSPS) is 15.5. The van der Waals surface area contributed by atoms with E-state index in [1.165, 1.54) is 6.42 Å². The molecule has 0 aromatic rings. The summed E-state index contributed by atoms with van der Waals surface area (Å²) in [5.41, 5.74) is 4.65. The summed E-state index contributed by atoms with van der Waals surface area (Å²) in [5, 5.41) is 14.5. The van der Waals surface area contributed by atoms with Crippen LogP contribution in [0.5, 0.6) is 0 Å². The van der Waals surface area contributed by atoms with E-state index in [1.807, 2.05) is 6.92 Å². The van der Waals surface area contributed by atoms with Crippen molar-refractivity contribution in [3.8, 4) is 0 Å². The molecule has 106 valence electrons. The van der Waals surface area contributed by atoms with Crippen molar-refractivity contribution in [1.29, 1.82) is 0 Å². The van der Waals surface area contributed by atoms with Crippen LogP contribution in [-0.2, 0) is 4.79 Å². The standard InChI is InChI=1S/C13H27N3O2/c1-5-13(4,11(14)16-18)12(17)15-9-7-6-8-10(2)3/h10,18H,5-9H2,1-4H3,(H2,14,16)(H,15,17). The lowest BCUT2D eigenvalue weighted by molar-refractivity contribution is -0.127. The summed E-state index contributed by atoms with van der Waals surface area (Å²) in [4.78, 5) is 12.0. The molecule has 0 aromatic carbocycles. The molecule has 5 nitrogen and oxygen atoms in total. The number of unbranched alkanes of at least 4 members (excludes halogenated alkanes) is 1. The van der Waals surface area contributed by atoms with Crippen molar-refractivity contribution in [2.24, 2.45) is 22.2 Å². The number of carbonyl (C=O) groups is 1. The van der Waals surface area contributed by atoms with Gasteiger partial charge in [0.1, 0.15) is 5.41 Å². The smallest absolute Gasteiger partial charge is 0.233 e. The lowest BCUT2D eigenvalue weighted by Gasteiger charge is -2.25. The summed E-state index contributed by atoms with van der Waals surface area (Å²) in [6, 6.07) is 0. The van der Waals surface area contributed by atoms with Gasteiger partial charge >= 0.3 is 0 Å². The van der Waals surface area contributed by atoms with E-state index >= 15 is 0 Å². The average Bonchev–Trinajstić information content (AvgIpc) is 2.35. The van der Waals surface area contributed by atoms with Crippen molar-refractivity contribution in [1.82, 2.24) is 5.32 Å². The van der Waals surface area contributed by atoms with E-state index < -0.39 is 5.41 Å². The van der Waals surface area contributed by atoms with Crippen LogP contribution in [0.3, 0.4) is 0 Å². The maximum Gasteiger partial charge on any atom is 0.233 e. The number of nitrogens with one attached hydrogen (secondary N) is 1. The molecule has 0 aromatic heterocycles. The van der Waals surface area contributed by atoms with Crippen molar-refractivity contribution < 1.29 is 10.0 Å². The van der Waals surface area contributed by atoms with Crippen molar-refractivity contribution in [3.63, 3.8) is 0 Å². The Kier molecular flexibility index (Phi) is 7.39. The van der Waals surface area contributed by atoms with Gasteiger partial charge in [-0.25, -0.2) is 0 Å². The Morgan fingerprint density at radius 2 is 2.06 bits per heavy atom. The van der Waals surface area contributed by atoms with Gasteiger partial charge < -0.3 is 16.3 Å². The van der Waals surface area contributed by atoms with Gasteiger partial charge in [0.2, 0.25) is 5.91 Å². The van der Waals surface area contributed by atoms with E-state index in [0.717, 1.165) is 12.8 Å². The van der Waals surface area contributed by atoms with Crippen LogP contribution < -0.4 is 11.1 Å². The van der Waals surface area contributed by atoms with E-state index in [0.29, 0.717) is 18.9 Å². The number of nitrogens with two attached hydrogens (primary N) is 1. The minimum Gasteiger partial charge on any atom is -0.409 e. The second-order valence-corrected chi connectivity index (χ2v) is 5.32. The van der Waals surface area contributed by atoms with Crippen molar-refractivity contribution >= 4 is 11.7 Å². The van der Waals surface area contributed by atoms with Gasteiger partial charge in [-0.2, -0.15) is 0 Å². The van der Waals surface area contributed by atoms with E-state index in [1.54, 1.807) is 6.92 Å².